The smallest absolute Gasteiger partial charge is 0.410 e. The molecule has 3 heterocycles. The molecule has 1 aliphatic rings. The molecular weight excluding hydrogens is 378 g/mol. The summed E-state index contributed by atoms with van der Waals surface area (Å²) in [6, 6.07) is 0. The Morgan fingerprint density at radius 1 is 1.21 bits per heavy atom. The molecule has 0 aromatic carbocycles. The lowest BCUT2D eigenvalue weighted by Crippen LogP contribution is -2.50. The SMILES string of the molecule is CC(C)(C)OC(=O)N1CCN(c2ncc(-c3nc(CCC=O)cs3)cn2)CC1. The van der Waals surface area contributed by atoms with E-state index in [-0.39, 0.29) is 6.09 Å². The zero-order valence-corrected chi connectivity index (χ0v) is 17.2. The summed E-state index contributed by atoms with van der Waals surface area (Å²) in [7, 11) is 0. The van der Waals surface area contributed by atoms with Crippen molar-refractivity contribution in [2.45, 2.75) is 39.2 Å². The van der Waals surface area contributed by atoms with Gasteiger partial charge in [0.15, 0.2) is 0 Å². The quantitative estimate of drug-likeness (QED) is 0.709. The van der Waals surface area contributed by atoms with Gasteiger partial charge < -0.3 is 19.3 Å². The van der Waals surface area contributed by atoms with E-state index in [4.69, 9.17) is 4.74 Å². The number of rotatable bonds is 5. The number of carbonyl (C=O) groups is 2. The highest BCUT2D eigenvalue weighted by Crippen LogP contribution is 2.24. The number of hydrogen-bond acceptors (Lipinski definition) is 8. The molecule has 0 radical (unpaired) electrons. The summed E-state index contributed by atoms with van der Waals surface area (Å²) in [4.78, 5) is 39.9. The largest absolute Gasteiger partial charge is 0.444 e. The third kappa shape index (κ3) is 5.25. The average Bonchev–Trinajstić information content (AvgIpc) is 3.14. The van der Waals surface area contributed by atoms with Crippen LogP contribution in [0.2, 0.25) is 0 Å². The van der Waals surface area contributed by atoms with E-state index in [0.717, 1.165) is 22.6 Å². The van der Waals surface area contributed by atoms with Crippen molar-refractivity contribution in [3.63, 3.8) is 0 Å². The van der Waals surface area contributed by atoms with E-state index in [9.17, 15) is 9.59 Å². The van der Waals surface area contributed by atoms with Gasteiger partial charge in [-0.1, -0.05) is 0 Å². The minimum Gasteiger partial charge on any atom is -0.444 e. The van der Waals surface area contributed by atoms with Crippen molar-refractivity contribution in [1.29, 1.82) is 0 Å². The van der Waals surface area contributed by atoms with Crippen LogP contribution in [0.1, 0.15) is 32.9 Å². The number of ether oxygens (including phenoxy) is 1. The number of anilines is 1. The molecule has 28 heavy (non-hydrogen) atoms. The van der Waals surface area contributed by atoms with Crippen LogP contribution in [0.4, 0.5) is 10.7 Å². The van der Waals surface area contributed by atoms with Crippen molar-refractivity contribution in [3.05, 3.63) is 23.5 Å². The minimum atomic E-state index is -0.490. The van der Waals surface area contributed by atoms with Gasteiger partial charge >= 0.3 is 6.09 Å². The van der Waals surface area contributed by atoms with E-state index in [1.807, 2.05) is 26.2 Å². The van der Waals surface area contributed by atoms with Crippen LogP contribution < -0.4 is 4.90 Å². The summed E-state index contributed by atoms with van der Waals surface area (Å²) in [6.45, 7) is 8.06. The zero-order chi connectivity index (χ0) is 20.1. The number of carbonyl (C=O) groups excluding carboxylic acids is 2. The van der Waals surface area contributed by atoms with Crippen LogP contribution in [0.3, 0.4) is 0 Å². The molecule has 0 spiro atoms. The van der Waals surface area contributed by atoms with Crippen molar-refractivity contribution < 1.29 is 14.3 Å². The number of hydrogen-bond donors (Lipinski definition) is 0. The van der Waals surface area contributed by atoms with Gasteiger partial charge in [0, 0.05) is 55.9 Å². The van der Waals surface area contributed by atoms with Crippen LogP contribution in [0.25, 0.3) is 10.6 Å². The van der Waals surface area contributed by atoms with Crippen LogP contribution in [-0.2, 0) is 16.0 Å². The molecule has 2 aromatic heterocycles. The highest BCUT2D eigenvalue weighted by molar-refractivity contribution is 7.13. The van der Waals surface area contributed by atoms with Gasteiger partial charge in [-0.25, -0.2) is 19.7 Å². The van der Waals surface area contributed by atoms with Gasteiger partial charge in [0.05, 0.1) is 5.69 Å². The van der Waals surface area contributed by atoms with Crippen molar-refractivity contribution in [1.82, 2.24) is 19.9 Å². The average molecular weight is 404 g/mol. The molecule has 1 aliphatic heterocycles. The summed E-state index contributed by atoms with van der Waals surface area (Å²) in [5, 5.41) is 2.81. The fraction of sp³-hybridized carbons (Fsp3) is 0.526. The number of thiazole rings is 1. The van der Waals surface area contributed by atoms with E-state index in [0.29, 0.717) is 45.0 Å². The van der Waals surface area contributed by atoms with Gasteiger partial charge in [0.2, 0.25) is 5.95 Å². The maximum Gasteiger partial charge on any atom is 0.410 e. The monoisotopic (exact) mass is 403 g/mol. The second-order valence-corrected chi connectivity index (χ2v) is 8.43. The van der Waals surface area contributed by atoms with Gasteiger partial charge in [-0.05, 0) is 27.2 Å². The lowest BCUT2D eigenvalue weighted by molar-refractivity contribution is -0.107. The number of amides is 1. The summed E-state index contributed by atoms with van der Waals surface area (Å²) in [5.74, 6) is 0.644. The molecule has 0 N–H and O–H groups in total. The molecule has 8 nitrogen and oxygen atoms in total. The third-order valence-electron chi connectivity index (χ3n) is 4.17. The predicted octanol–water partition coefficient (Wildman–Crippen LogP) is 2.79. The van der Waals surface area contributed by atoms with E-state index in [1.54, 1.807) is 17.3 Å². The molecule has 1 fully saturated rings. The molecule has 1 amide bonds. The topological polar surface area (TPSA) is 88.5 Å². The first-order chi connectivity index (χ1) is 13.4. The maximum absolute atomic E-state index is 12.2. The Morgan fingerprint density at radius 3 is 2.50 bits per heavy atom. The number of aryl methyl sites for hydroxylation is 1. The molecular formula is C19H25N5O3S. The van der Waals surface area contributed by atoms with Crippen LogP contribution in [0.5, 0.6) is 0 Å². The van der Waals surface area contributed by atoms with Gasteiger partial charge in [-0.2, -0.15) is 0 Å². The van der Waals surface area contributed by atoms with E-state index >= 15 is 0 Å². The number of nitrogens with zero attached hydrogens (tertiary/aromatic N) is 5. The number of aldehydes is 1. The van der Waals surface area contributed by atoms with E-state index in [1.165, 1.54) is 11.3 Å². The molecule has 3 rings (SSSR count). The highest BCUT2D eigenvalue weighted by atomic mass is 32.1. The minimum absolute atomic E-state index is 0.280. The first kappa shape index (κ1) is 20.2. The van der Waals surface area contributed by atoms with Crippen LogP contribution in [0.15, 0.2) is 17.8 Å². The molecule has 0 bridgehead atoms. The number of piperazine rings is 1. The normalized spacial score (nSPS) is 14.8. The molecule has 0 aliphatic carbocycles. The second kappa shape index (κ2) is 8.64. The molecule has 0 atom stereocenters. The molecule has 9 heteroatoms. The number of aromatic nitrogens is 3. The van der Waals surface area contributed by atoms with Gasteiger partial charge in [0.1, 0.15) is 16.9 Å². The van der Waals surface area contributed by atoms with E-state index < -0.39 is 5.60 Å². The van der Waals surface area contributed by atoms with E-state index in [2.05, 4.69) is 19.9 Å². The predicted molar refractivity (Wildman–Crippen MR) is 108 cm³/mol. The van der Waals surface area contributed by atoms with Crippen LogP contribution >= 0.6 is 11.3 Å². The Morgan fingerprint density at radius 2 is 1.89 bits per heavy atom. The van der Waals surface area contributed by atoms with Crippen molar-refractivity contribution in [2.24, 2.45) is 0 Å². The summed E-state index contributed by atoms with van der Waals surface area (Å²) in [6.07, 6.45) is 5.29. The summed E-state index contributed by atoms with van der Waals surface area (Å²) in [5.41, 5.74) is 1.28. The van der Waals surface area contributed by atoms with Gasteiger partial charge in [0.25, 0.3) is 0 Å². The van der Waals surface area contributed by atoms with Crippen molar-refractivity contribution >= 4 is 29.7 Å². The fourth-order valence-electron chi connectivity index (χ4n) is 2.77. The Hall–Kier alpha value is -2.55. The Bertz CT molecular complexity index is 808. The summed E-state index contributed by atoms with van der Waals surface area (Å²) < 4.78 is 5.42. The molecule has 1 saturated heterocycles. The fourth-order valence-corrected chi connectivity index (χ4v) is 3.60. The molecule has 2 aromatic rings. The molecule has 0 unspecified atom stereocenters. The second-order valence-electron chi connectivity index (χ2n) is 7.58. The Labute approximate surface area is 168 Å². The third-order valence-corrected chi connectivity index (χ3v) is 5.11. The lowest BCUT2D eigenvalue weighted by atomic mass is 10.2. The first-order valence-electron chi connectivity index (χ1n) is 9.29. The summed E-state index contributed by atoms with van der Waals surface area (Å²) >= 11 is 1.52. The Balaban J connectivity index is 1.57. The molecule has 150 valence electrons. The van der Waals surface area contributed by atoms with Crippen LogP contribution in [0, 0.1) is 0 Å². The Kier molecular flexibility index (Phi) is 6.23. The van der Waals surface area contributed by atoms with Gasteiger partial charge in [-0.15, -0.1) is 11.3 Å². The highest BCUT2D eigenvalue weighted by Gasteiger charge is 2.26. The maximum atomic E-state index is 12.2. The first-order valence-corrected chi connectivity index (χ1v) is 10.2. The van der Waals surface area contributed by atoms with Crippen molar-refractivity contribution in [2.75, 3.05) is 31.1 Å². The standard InChI is InChI=1S/C19H25N5O3S/c1-19(2,3)27-18(26)24-8-6-23(7-9-24)17-20-11-14(12-21-17)16-22-15(13-28-16)5-4-10-25/h10-13H,4-9H2,1-3H3. The lowest BCUT2D eigenvalue weighted by Gasteiger charge is -2.35. The van der Waals surface area contributed by atoms with Crippen molar-refractivity contribution in [3.8, 4) is 10.6 Å². The molecule has 0 saturated carbocycles. The van der Waals surface area contributed by atoms with Gasteiger partial charge in [-0.3, -0.25) is 0 Å². The zero-order valence-electron chi connectivity index (χ0n) is 16.4. The van der Waals surface area contributed by atoms with Crippen LogP contribution in [-0.4, -0.2) is 64.0 Å².